The molecule has 0 fully saturated rings. The minimum Gasteiger partial charge on any atom is -0.490 e. The fourth-order valence-corrected chi connectivity index (χ4v) is 1.93. The van der Waals surface area contributed by atoms with Gasteiger partial charge in [0.2, 0.25) is 0 Å². The summed E-state index contributed by atoms with van der Waals surface area (Å²) in [4.78, 5) is 0. The van der Waals surface area contributed by atoms with Crippen LogP contribution in [0.1, 0.15) is 18.9 Å². The number of benzene rings is 1. The van der Waals surface area contributed by atoms with Crippen LogP contribution in [0, 0.1) is 11.7 Å². The van der Waals surface area contributed by atoms with Gasteiger partial charge in [-0.2, -0.15) is 0 Å². The van der Waals surface area contributed by atoms with Crippen molar-refractivity contribution in [3.63, 3.8) is 0 Å². The van der Waals surface area contributed by atoms with Crippen molar-refractivity contribution in [2.24, 2.45) is 11.7 Å². The van der Waals surface area contributed by atoms with E-state index < -0.39 is 0 Å². The van der Waals surface area contributed by atoms with Crippen molar-refractivity contribution in [1.29, 1.82) is 0 Å². The Morgan fingerprint density at radius 3 is 3.13 bits per heavy atom. The van der Waals surface area contributed by atoms with Gasteiger partial charge in [-0.05, 0) is 43.1 Å². The molecule has 0 radical (unpaired) electrons. The Labute approximate surface area is 89.2 Å². The molecule has 3 heteroatoms. The Hall–Kier alpha value is -1.09. The van der Waals surface area contributed by atoms with Crippen LogP contribution in [0.4, 0.5) is 4.39 Å². The average Bonchev–Trinajstić information content (AvgIpc) is 2.27. The number of halogens is 1. The van der Waals surface area contributed by atoms with Crippen LogP contribution in [-0.4, -0.2) is 12.6 Å². The Morgan fingerprint density at radius 1 is 1.60 bits per heavy atom. The molecule has 0 aliphatic carbocycles. The fraction of sp³-hybridized carbons (Fsp3) is 0.500. The zero-order chi connectivity index (χ0) is 10.8. The molecule has 1 aliphatic heterocycles. The molecular weight excluding hydrogens is 193 g/mol. The third kappa shape index (κ3) is 2.12. The molecule has 2 N–H and O–H groups in total. The molecule has 2 nitrogen and oxygen atoms in total. The Morgan fingerprint density at radius 2 is 2.40 bits per heavy atom. The highest BCUT2D eigenvalue weighted by Gasteiger charge is 2.24. The quantitative estimate of drug-likeness (QED) is 0.809. The van der Waals surface area contributed by atoms with Gasteiger partial charge in [-0.1, -0.05) is 6.92 Å². The Bertz CT molecular complexity index is 353. The lowest BCUT2D eigenvalue weighted by Gasteiger charge is -2.29. The maximum atomic E-state index is 12.9. The van der Waals surface area contributed by atoms with E-state index in [1.54, 1.807) is 12.1 Å². The minimum atomic E-state index is -0.192. The lowest BCUT2D eigenvalue weighted by molar-refractivity contribution is 0.122. The van der Waals surface area contributed by atoms with Crippen molar-refractivity contribution in [1.82, 2.24) is 0 Å². The van der Waals surface area contributed by atoms with Gasteiger partial charge in [0.15, 0.2) is 0 Å². The summed E-state index contributed by atoms with van der Waals surface area (Å²) in [6.45, 7) is 2.71. The van der Waals surface area contributed by atoms with Gasteiger partial charge in [-0.25, -0.2) is 4.39 Å². The zero-order valence-corrected chi connectivity index (χ0v) is 8.87. The van der Waals surface area contributed by atoms with Crippen LogP contribution < -0.4 is 10.5 Å². The molecule has 1 aromatic carbocycles. The molecule has 0 amide bonds. The van der Waals surface area contributed by atoms with Crippen molar-refractivity contribution >= 4 is 0 Å². The molecule has 1 aromatic rings. The molecule has 0 aromatic heterocycles. The first-order valence-electron chi connectivity index (χ1n) is 5.36. The highest BCUT2D eigenvalue weighted by Crippen LogP contribution is 2.30. The molecule has 15 heavy (non-hydrogen) atoms. The summed E-state index contributed by atoms with van der Waals surface area (Å²) in [5, 5.41) is 0. The highest BCUT2D eigenvalue weighted by molar-refractivity contribution is 5.35. The molecule has 2 unspecified atom stereocenters. The lowest BCUT2D eigenvalue weighted by atomic mass is 9.94. The topological polar surface area (TPSA) is 35.2 Å². The number of ether oxygens (including phenoxy) is 1. The molecule has 1 heterocycles. The number of rotatable bonds is 2. The normalized spacial score (nSPS) is 21.7. The first-order chi connectivity index (χ1) is 7.20. The fourth-order valence-electron chi connectivity index (χ4n) is 1.93. The molecule has 0 bridgehead atoms. The van der Waals surface area contributed by atoms with E-state index in [9.17, 15) is 4.39 Å². The van der Waals surface area contributed by atoms with Crippen molar-refractivity contribution < 1.29 is 9.13 Å². The van der Waals surface area contributed by atoms with E-state index in [1.165, 1.54) is 6.07 Å². The predicted octanol–water partition coefficient (Wildman–Crippen LogP) is 2.11. The highest BCUT2D eigenvalue weighted by atomic mass is 19.1. The smallest absolute Gasteiger partial charge is 0.123 e. The van der Waals surface area contributed by atoms with Crippen LogP contribution >= 0.6 is 0 Å². The van der Waals surface area contributed by atoms with Crippen molar-refractivity contribution in [3.05, 3.63) is 29.6 Å². The van der Waals surface area contributed by atoms with Crippen molar-refractivity contribution in [2.45, 2.75) is 25.9 Å². The Balaban J connectivity index is 2.16. The average molecular weight is 209 g/mol. The third-order valence-electron chi connectivity index (χ3n) is 3.01. The molecule has 1 aliphatic rings. The molecule has 2 rings (SSSR count). The van der Waals surface area contributed by atoms with Crippen molar-refractivity contribution in [2.75, 3.05) is 6.54 Å². The molecular formula is C12H16FNO. The minimum absolute atomic E-state index is 0.174. The van der Waals surface area contributed by atoms with E-state index >= 15 is 0 Å². The van der Waals surface area contributed by atoms with Gasteiger partial charge in [0.05, 0.1) is 0 Å². The van der Waals surface area contributed by atoms with Gasteiger partial charge < -0.3 is 10.5 Å². The summed E-state index contributed by atoms with van der Waals surface area (Å²) in [6, 6.07) is 4.70. The lowest BCUT2D eigenvalue weighted by Crippen LogP contribution is -2.33. The third-order valence-corrected chi connectivity index (χ3v) is 3.01. The summed E-state index contributed by atoms with van der Waals surface area (Å²) < 4.78 is 18.7. The van der Waals surface area contributed by atoms with Gasteiger partial charge in [-0.15, -0.1) is 0 Å². The van der Waals surface area contributed by atoms with Gasteiger partial charge in [0.1, 0.15) is 17.7 Å². The van der Waals surface area contributed by atoms with E-state index in [0.29, 0.717) is 12.5 Å². The van der Waals surface area contributed by atoms with Crippen LogP contribution in [0.5, 0.6) is 5.75 Å². The van der Waals surface area contributed by atoms with E-state index in [1.807, 2.05) is 0 Å². The van der Waals surface area contributed by atoms with Crippen LogP contribution in [0.15, 0.2) is 18.2 Å². The maximum Gasteiger partial charge on any atom is 0.123 e. The van der Waals surface area contributed by atoms with Crippen LogP contribution in [-0.2, 0) is 6.42 Å². The summed E-state index contributed by atoms with van der Waals surface area (Å²) >= 11 is 0. The van der Waals surface area contributed by atoms with Crippen LogP contribution in [0.25, 0.3) is 0 Å². The number of nitrogens with two attached hydrogens (primary N) is 1. The van der Waals surface area contributed by atoms with E-state index in [4.69, 9.17) is 10.5 Å². The zero-order valence-electron chi connectivity index (χ0n) is 8.87. The number of hydrogen-bond donors (Lipinski definition) is 1. The summed E-state index contributed by atoms with van der Waals surface area (Å²) in [6.07, 6.45) is 1.98. The van der Waals surface area contributed by atoms with Crippen LogP contribution in [0.3, 0.4) is 0 Å². The molecule has 0 spiro atoms. The monoisotopic (exact) mass is 209 g/mol. The maximum absolute atomic E-state index is 12.9. The second kappa shape index (κ2) is 4.19. The second-order valence-electron chi connectivity index (χ2n) is 4.16. The van der Waals surface area contributed by atoms with Gasteiger partial charge in [-0.3, -0.25) is 0 Å². The largest absolute Gasteiger partial charge is 0.490 e. The molecule has 82 valence electrons. The van der Waals surface area contributed by atoms with Gasteiger partial charge in [0.25, 0.3) is 0 Å². The number of aryl methyl sites for hydroxylation is 1. The van der Waals surface area contributed by atoms with Crippen molar-refractivity contribution in [3.8, 4) is 5.75 Å². The Kier molecular flexibility index (Phi) is 2.91. The molecule has 0 saturated heterocycles. The van der Waals surface area contributed by atoms with Gasteiger partial charge in [0, 0.05) is 5.92 Å². The summed E-state index contributed by atoms with van der Waals surface area (Å²) in [7, 11) is 0. The summed E-state index contributed by atoms with van der Waals surface area (Å²) in [5.74, 6) is 0.971. The first kappa shape index (κ1) is 10.4. The number of hydrogen-bond acceptors (Lipinski definition) is 2. The first-order valence-corrected chi connectivity index (χ1v) is 5.36. The molecule has 0 saturated carbocycles. The standard InChI is InChI=1S/C12H16FNO/c1-8(7-14)11-4-2-9-6-10(13)3-5-12(9)15-11/h3,5-6,8,11H,2,4,7,14H2,1H3. The predicted molar refractivity (Wildman–Crippen MR) is 57.4 cm³/mol. The van der Waals surface area contributed by atoms with Crippen LogP contribution in [0.2, 0.25) is 0 Å². The van der Waals surface area contributed by atoms with E-state index in [0.717, 1.165) is 24.2 Å². The van der Waals surface area contributed by atoms with E-state index in [2.05, 4.69) is 6.92 Å². The summed E-state index contributed by atoms with van der Waals surface area (Å²) in [5.41, 5.74) is 6.57. The number of fused-ring (bicyclic) bond motifs is 1. The van der Waals surface area contributed by atoms with Gasteiger partial charge >= 0.3 is 0 Å². The van der Waals surface area contributed by atoms with E-state index in [-0.39, 0.29) is 11.9 Å². The molecule has 2 atom stereocenters. The SMILES string of the molecule is CC(CN)C1CCc2cc(F)ccc2O1. The second-order valence-corrected chi connectivity index (χ2v) is 4.16.